The molecule has 0 saturated heterocycles. The Morgan fingerprint density at radius 3 is 1.82 bits per heavy atom. The fourth-order valence-electron chi connectivity index (χ4n) is 1.78. The molecule has 0 aliphatic heterocycles. The summed E-state index contributed by atoms with van der Waals surface area (Å²) in [6, 6.07) is 24.9. The van der Waals surface area contributed by atoms with E-state index in [1.54, 1.807) is 0 Å². The molecule has 3 aromatic rings. The number of halogens is 4. The van der Waals surface area contributed by atoms with Crippen molar-refractivity contribution in [2.24, 2.45) is 0 Å². The Kier molecular flexibility index (Phi) is 7.86. The molecule has 4 heteroatoms. The van der Waals surface area contributed by atoms with E-state index >= 15 is 0 Å². The van der Waals surface area contributed by atoms with E-state index in [0.29, 0.717) is 0 Å². The smallest absolute Gasteiger partial charge is 0.0308 e. The van der Waals surface area contributed by atoms with Crippen LogP contribution in [0.4, 0.5) is 0 Å². The minimum Gasteiger partial charge on any atom is -0.0622 e. The summed E-state index contributed by atoms with van der Waals surface area (Å²) in [5, 5.41) is 0. The second-order valence-corrected chi connectivity index (χ2v) is 8.50. The zero-order valence-electron chi connectivity index (χ0n) is 11.4. The maximum Gasteiger partial charge on any atom is 0.0308 e. The van der Waals surface area contributed by atoms with Gasteiger partial charge in [-0.3, -0.25) is 0 Å². The molecular weight excluding hydrogens is 630 g/mol. The Balaban J connectivity index is 0.000000188. The number of hydrogen-bond donors (Lipinski definition) is 0. The quantitative estimate of drug-likeness (QED) is 0.238. The number of hydrogen-bond acceptors (Lipinski definition) is 0. The van der Waals surface area contributed by atoms with Gasteiger partial charge in [-0.1, -0.05) is 64.5 Å². The van der Waals surface area contributed by atoms with Crippen LogP contribution in [0.1, 0.15) is 0 Å². The van der Waals surface area contributed by atoms with Crippen molar-refractivity contribution in [3.05, 3.63) is 88.9 Å². The third-order valence-electron chi connectivity index (χ3n) is 2.84. The summed E-state index contributed by atoms with van der Waals surface area (Å²) in [6.45, 7) is 0. The van der Waals surface area contributed by atoms with Gasteiger partial charge in [0.2, 0.25) is 0 Å². The maximum atomic E-state index is 3.46. The van der Waals surface area contributed by atoms with E-state index in [1.165, 1.54) is 22.7 Å². The zero-order valence-corrected chi connectivity index (χ0v) is 18.9. The molecule has 0 saturated carbocycles. The molecule has 0 amide bonds. The van der Waals surface area contributed by atoms with Gasteiger partial charge >= 0.3 is 0 Å². The van der Waals surface area contributed by atoms with E-state index in [0.717, 1.165) is 4.47 Å². The Bertz CT molecular complexity index is 722. The normalized spacial score (nSPS) is 9.82. The van der Waals surface area contributed by atoms with Gasteiger partial charge in [-0.2, -0.15) is 0 Å². The summed E-state index contributed by atoms with van der Waals surface area (Å²) in [5.41, 5.74) is 2.55. The second kappa shape index (κ2) is 9.39. The van der Waals surface area contributed by atoms with Gasteiger partial charge in [-0.15, -0.1) is 0 Å². The van der Waals surface area contributed by atoms with Crippen LogP contribution < -0.4 is 0 Å². The first kappa shape index (κ1) is 18.4. The van der Waals surface area contributed by atoms with Gasteiger partial charge in [0.1, 0.15) is 0 Å². The van der Waals surface area contributed by atoms with Gasteiger partial charge in [0, 0.05) is 16.1 Å². The molecule has 0 atom stereocenters. The highest BCUT2D eigenvalue weighted by Gasteiger charge is 2.01. The maximum absolute atomic E-state index is 3.46. The van der Waals surface area contributed by atoms with Crippen LogP contribution in [0, 0.1) is 7.14 Å². The fraction of sp³-hybridized carbons (Fsp3) is 0. The van der Waals surface area contributed by atoms with Crippen molar-refractivity contribution in [2.45, 2.75) is 0 Å². The van der Waals surface area contributed by atoms with Gasteiger partial charge in [0.25, 0.3) is 0 Å². The molecule has 0 fully saturated rings. The van der Waals surface area contributed by atoms with Gasteiger partial charge in [0.15, 0.2) is 0 Å². The van der Waals surface area contributed by atoms with Crippen LogP contribution >= 0.6 is 77.0 Å². The topological polar surface area (TPSA) is 0 Å². The Labute approximate surface area is 175 Å². The van der Waals surface area contributed by atoms with Crippen molar-refractivity contribution >= 4 is 77.0 Å². The predicted molar refractivity (Wildman–Crippen MR) is 119 cm³/mol. The molecule has 0 spiro atoms. The average molecular weight is 642 g/mol. The zero-order chi connectivity index (χ0) is 15.9. The van der Waals surface area contributed by atoms with Crippen LogP contribution in [0.15, 0.2) is 81.7 Å². The molecule has 0 N–H and O–H groups in total. The van der Waals surface area contributed by atoms with Crippen LogP contribution in [0.2, 0.25) is 0 Å². The van der Waals surface area contributed by atoms with E-state index in [2.05, 4.69) is 126 Å². The standard InChI is InChI=1S/C12H8BrI.C6H4BrI/c13-10-6-7-11(12(14)8-10)9-4-2-1-3-5-9;7-5-3-1-2-4-6(5)8/h1-8H;1-4H. The first-order valence-corrected chi connectivity index (χ1v) is 10.2. The third-order valence-corrected chi connectivity index (χ3v) is 6.60. The fourth-order valence-corrected chi connectivity index (χ4v) is 4.07. The molecule has 0 unspecified atom stereocenters. The molecule has 112 valence electrons. The van der Waals surface area contributed by atoms with E-state index < -0.39 is 0 Å². The van der Waals surface area contributed by atoms with Gasteiger partial charge in [-0.25, -0.2) is 0 Å². The van der Waals surface area contributed by atoms with Crippen LogP contribution in [0.5, 0.6) is 0 Å². The second-order valence-electron chi connectivity index (χ2n) is 4.40. The lowest BCUT2D eigenvalue weighted by Crippen LogP contribution is -1.81. The minimum absolute atomic E-state index is 1.13. The molecule has 0 aliphatic rings. The first-order chi connectivity index (χ1) is 10.6. The van der Waals surface area contributed by atoms with E-state index in [9.17, 15) is 0 Å². The molecule has 0 radical (unpaired) electrons. The lowest BCUT2D eigenvalue weighted by molar-refractivity contribution is 1.55. The lowest BCUT2D eigenvalue weighted by Gasteiger charge is -2.04. The van der Waals surface area contributed by atoms with Gasteiger partial charge < -0.3 is 0 Å². The molecule has 22 heavy (non-hydrogen) atoms. The number of benzene rings is 3. The van der Waals surface area contributed by atoms with Gasteiger partial charge in [0.05, 0.1) is 0 Å². The van der Waals surface area contributed by atoms with Crippen LogP contribution in [-0.2, 0) is 0 Å². The van der Waals surface area contributed by atoms with Crippen molar-refractivity contribution in [3.63, 3.8) is 0 Å². The van der Waals surface area contributed by atoms with Crippen molar-refractivity contribution in [2.75, 3.05) is 0 Å². The van der Waals surface area contributed by atoms with E-state index in [4.69, 9.17) is 0 Å². The van der Waals surface area contributed by atoms with Crippen molar-refractivity contribution in [3.8, 4) is 11.1 Å². The van der Waals surface area contributed by atoms with Gasteiger partial charge in [-0.05, 0) is 96.5 Å². The van der Waals surface area contributed by atoms with Crippen molar-refractivity contribution in [1.82, 2.24) is 0 Å². The monoisotopic (exact) mass is 640 g/mol. The SMILES string of the molecule is Brc1ccc(-c2ccccc2)c(I)c1.Brc1ccccc1I. The molecule has 0 aliphatic carbocycles. The largest absolute Gasteiger partial charge is 0.0622 e. The molecule has 0 nitrogen and oxygen atoms in total. The highest BCUT2D eigenvalue weighted by Crippen LogP contribution is 2.27. The molecular formula is C18H12Br2I2. The number of rotatable bonds is 1. The molecule has 0 bridgehead atoms. The average Bonchev–Trinajstić information content (AvgIpc) is 2.52. The van der Waals surface area contributed by atoms with E-state index in [-0.39, 0.29) is 0 Å². The Morgan fingerprint density at radius 1 is 0.636 bits per heavy atom. The van der Waals surface area contributed by atoms with Crippen LogP contribution in [-0.4, -0.2) is 0 Å². The van der Waals surface area contributed by atoms with Crippen LogP contribution in [0.25, 0.3) is 11.1 Å². The van der Waals surface area contributed by atoms with Crippen molar-refractivity contribution < 1.29 is 0 Å². The summed E-state index contributed by atoms with van der Waals surface area (Å²) in [7, 11) is 0. The summed E-state index contributed by atoms with van der Waals surface area (Å²) >= 11 is 11.5. The lowest BCUT2D eigenvalue weighted by atomic mass is 10.1. The van der Waals surface area contributed by atoms with Crippen LogP contribution in [0.3, 0.4) is 0 Å². The predicted octanol–water partition coefficient (Wildman–Crippen LogP) is 7.77. The molecule has 0 heterocycles. The third kappa shape index (κ3) is 5.62. The Hall–Kier alpha value is 0.0800. The molecule has 0 aromatic heterocycles. The summed E-state index contributed by atoms with van der Waals surface area (Å²) in [6.07, 6.45) is 0. The Morgan fingerprint density at radius 2 is 1.27 bits per heavy atom. The highest BCUT2D eigenvalue weighted by atomic mass is 127. The van der Waals surface area contributed by atoms with E-state index in [1.807, 2.05) is 24.3 Å². The minimum atomic E-state index is 1.13. The highest BCUT2D eigenvalue weighted by molar-refractivity contribution is 14.1. The summed E-state index contributed by atoms with van der Waals surface area (Å²) in [4.78, 5) is 0. The molecule has 3 aromatic carbocycles. The summed E-state index contributed by atoms with van der Waals surface area (Å²) in [5.74, 6) is 0. The summed E-state index contributed by atoms with van der Waals surface area (Å²) < 4.78 is 4.82. The first-order valence-electron chi connectivity index (χ1n) is 6.48. The molecule has 3 rings (SSSR count). The van der Waals surface area contributed by atoms with Crippen molar-refractivity contribution in [1.29, 1.82) is 0 Å².